The van der Waals surface area contributed by atoms with Gasteiger partial charge in [0, 0.05) is 12.7 Å². The first-order chi connectivity index (χ1) is 9.16. The topological polar surface area (TPSA) is 83.5 Å². The number of amides is 1. The Bertz CT molecular complexity index is 444. The van der Waals surface area contributed by atoms with Crippen LogP contribution in [0.25, 0.3) is 0 Å². The maximum Gasteiger partial charge on any atom is 0.237 e. The monoisotopic (exact) mass is 285 g/mol. The van der Waals surface area contributed by atoms with Gasteiger partial charge in [-0.05, 0) is 18.6 Å². The molecule has 1 aromatic rings. The molecule has 1 aromatic heterocycles. The van der Waals surface area contributed by atoms with E-state index < -0.39 is 6.10 Å². The summed E-state index contributed by atoms with van der Waals surface area (Å²) in [5.41, 5.74) is 0. The minimum atomic E-state index is -0.445. The number of β-amino-alcohol motifs (C(OH)–C–C–N with tert-alkyl or cyclic N) is 1. The lowest BCUT2D eigenvalue weighted by molar-refractivity contribution is -0.123. The molecule has 1 aliphatic rings. The molecule has 1 saturated heterocycles. The number of halogens is 1. The maximum absolute atomic E-state index is 11.7. The second-order valence-electron chi connectivity index (χ2n) is 4.28. The molecule has 6 nitrogen and oxygen atoms in total. The summed E-state index contributed by atoms with van der Waals surface area (Å²) in [6.07, 6.45) is 1.59. The van der Waals surface area contributed by atoms with Crippen molar-refractivity contribution in [2.24, 2.45) is 0 Å². The molecule has 0 aromatic carbocycles. The fraction of sp³-hybridized carbons (Fsp3) is 0.500. The van der Waals surface area contributed by atoms with Gasteiger partial charge in [0.15, 0.2) is 0 Å². The summed E-state index contributed by atoms with van der Waals surface area (Å²) in [5, 5.41) is 15.4. The van der Waals surface area contributed by atoms with Crippen molar-refractivity contribution in [2.45, 2.75) is 18.6 Å². The van der Waals surface area contributed by atoms with Gasteiger partial charge in [-0.3, -0.25) is 4.79 Å². The van der Waals surface area contributed by atoms with Crippen LogP contribution in [0.1, 0.15) is 6.42 Å². The van der Waals surface area contributed by atoms with Gasteiger partial charge in [-0.2, -0.15) is 0 Å². The summed E-state index contributed by atoms with van der Waals surface area (Å²) in [6, 6.07) is 3.08. The zero-order chi connectivity index (χ0) is 13.7. The smallest absolute Gasteiger partial charge is 0.237 e. The molecular weight excluding hydrogens is 270 g/mol. The molecule has 1 fully saturated rings. The highest BCUT2D eigenvalue weighted by Crippen LogP contribution is 2.19. The summed E-state index contributed by atoms with van der Waals surface area (Å²) in [5.74, 6) is 0.222. The summed E-state index contributed by atoms with van der Waals surface area (Å²) in [7, 11) is 0. The molecule has 104 valence electrons. The van der Waals surface area contributed by atoms with Gasteiger partial charge in [0.25, 0.3) is 0 Å². The van der Waals surface area contributed by atoms with Gasteiger partial charge >= 0.3 is 0 Å². The number of hydrogen-bond donors (Lipinski definition) is 3. The van der Waals surface area contributed by atoms with E-state index in [9.17, 15) is 9.90 Å². The van der Waals surface area contributed by atoms with E-state index in [0.29, 0.717) is 30.4 Å². The van der Waals surface area contributed by atoms with Gasteiger partial charge in [-0.1, -0.05) is 11.6 Å². The number of aliphatic hydroxyl groups excluding tert-OH is 1. The molecule has 0 bridgehead atoms. The van der Waals surface area contributed by atoms with Crippen LogP contribution in [-0.4, -0.2) is 47.8 Å². The number of aromatic nitrogens is 1. The van der Waals surface area contributed by atoms with Crippen LogP contribution in [0, 0.1) is 0 Å². The number of rotatable bonds is 5. The molecule has 7 heteroatoms. The highest BCUT2D eigenvalue weighted by atomic mass is 35.5. The Kier molecular flexibility index (Phi) is 4.95. The molecule has 0 radical (unpaired) electrons. The fourth-order valence-corrected chi connectivity index (χ4v) is 2.02. The summed E-state index contributed by atoms with van der Waals surface area (Å²) in [4.78, 5) is 15.7. The summed E-state index contributed by atoms with van der Waals surface area (Å²) < 4.78 is 5.34. The number of nitrogens with zero attached hydrogens (tertiary/aromatic N) is 1. The number of ether oxygens (including phenoxy) is 1. The highest BCUT2D eigenvalue weighted by molar-refractivity contribution is 6.31. The molecular formula is C12H16ClN3O3. The predicted octanol–water partition coefficient (Wildman–Crippen LogP) is -0.0472. The number of aliphatic hydroxyl groups is 1. The highest BCUT2D eigenvalue weighted by Gasteiger charge is 2.27. The quantitative estimate of drug-likeness (QED) is 0.661. The number of carbonyl (C=O) groups excluding carboxylic acids is 1. The van der Waals surface area contributed by atoms with Crippen molar-refractivity contribution in [1.82, 2.24) is 15.6 Å². The van der Waals surface area contributed by atoms with Crippen LogP contribution in [0.3, 0.4) is 0 Å². The number of carbonyl (C=O) groups is 1. The molecule has 2 rings (SSSR count). The van der Waals surface area contributed by atoms with Crippen molar-refractivity contribution in [3.63, 3.8) is 0 Å². The summed E-state index contributed by atoms with van der Waals surface area (Å²) >= 11 is 5.87. The largest absolute Gasteiger partial charge is 0.475 e. The van der Waals surface area contributed by atoms with Gasteiger partial charge < -0.3 is 20.5 Å². The fourth-order valence-electron chi connectivity index (χ4n) is 1.84. The molecule has 2 atom stereocenters. The van der Waals surface area contributed by atoms with Crippen molar-refractivity contribution in [1.29, 1.82) is 0 Å². The normalized spacial score (nSPS) is 22.2. The van der Waals surface area contributed by atoms with Crippen LogP contribution >= 0.6 is 11.6 Å². The van der Waals surface area contributed by atoms with Crippen LogP contribution in [0.5, 0.6) is 5.88 Å². The summed E-state index contributed by atoms with van der Waals surface area (Å²) in [6.45, 7) is 1.11. The van der Waals surface area contributed by atoms with Gasteiger partial charge in [0.1, 0.15) is 11.6 Å². The van der Waals surface area contributed by atoms with Gasteiger partial charge in [0.2, 0.25) is 11.8 Å². The standard InChI is InChI=1S/C12H16ClN3O3/c13-9-2-1-3-15-12(9)19-5-4-14-11(18)10-6-8(17)7-16-10/h1-3,8,10,16-17H,4-7H2,(H,14,18)/t8-,10+/m1/s1. The van der Waals surface area contributed by atoms with E-state index in [2.05, 4.69) is 15.6 Å². The minimum absolute atomic E-state index is 0.132. The molecule has 1 aliphatic heterocycles. The van der Waals surface area contributed by atoms with Gasteiger partial charge in [0.05, 0.1) is 18.7 Å². The van der Waals surface area contributed by atoms with E-state index in [0.717, 1.165) is 0 Å². The van der Waals surface area contributed by atoms with Crippen molar-refractivity contribution in [3.8, 4) is 5.88 Å². The third-order valence-electron chi connectivity index (χ3n) is 2.79. The first-order valence-corrected chi connectivity index (χ1v) is 6.47. The number of hydrogen-bond acceptors (Lipinski definition) is 5. The lowest BCUT2D eigenvalue weighted by Crippen LogP contribution is -2.41. The molecule has 0 aliphatic carbocycles. The average molecular weight is 286 g/mol. The minimum Gasteiger partial charge on any atom is -0.475 e. The second-order valence-corrected chi connectivity index (χ2v) is 4.69. The van der Waals surface area contributed by atoms with Crippen LogP contribution < -0.4 is 15.4 Å². The number of nitrogens with one attached hydrogen (secondary N) is 2. The molecule has 0 saturated carbocycles. The molecule has 19 heavy (non-hydrogen) atoms. The lowest BCUT2D eigenvalue weighted by Gasteiger charge is -2.11. The van der Waals surface area contributed by atoms with Gasteiger partial charge in [-0.25, -0.2) is 4.98 Å². The van der Waals surface area contributed by atoms with Crippen LogP contribution in [-0.2, 0) is 4.79 Å². The lowest BCUT2D eigenvalue weighted by atomic mass is 10.2. The SMILES string of the molecule is O=C(NCCOc1ncccc1Cl)[C@@H]1C[C@@H](O)CN1. The molecule has 3 N–H and O–H groups in total. The first kappa shape index (κ1) is 14.0. The Morgan fingerprint density at radius 1 is 1.68 bits per heavy atom. The average Bonchev–Trinajstić information content (AvgIpc) is 2.83. The van der Waals surface area contributed by atoms with Gasteiger partial charge in [-0.15, -0.1) is 0 Å². The van der Waals surface area contributed by atoms with E-state index in [1.165, 1.54) is 0 Å². The second kappa shape index (κ2) is 6.70. The van der Waals surface area contributed by atoms with E-state index in [1.807, 2.05) is 0 Å². The van der Waals surface area contributed by atoms with Crippen molar-refractivity contribution in [3.05, 3.63) is 23.4 Å². The zero-order valence-corrected chi connectivity index (χ0v) is 11.1. The Morgan fingerprint density at radius 2 is 2.53 bits per heavy atom. The van der Waals surface area contributed by atoms with E-state index >= 15 is 0 Å². The van der Waals surface area contributed by atoms with E-state index in [1.54, 1.807) is 18.3 Å². The molecule has 2 heterocycles. The molecule has 1 amide bonds. The predicted molar refractivity (Wildman–Crippen MR) is 70.2 cm³/mol. The zero-order valence-electron chi connectivity index (χ0n) is 10.3. The third kappa shape index (κ3) is 4.05. The number of pyridine rings is 1. The Labute approximate surface area is 116 Å². The molecule has 0 spiro atoms. The molecule has 0 unspecified atom stereocenters. The first-order valence-electron chi connectivity index (χ1n) is 6.09. The van der Waals surface area contributed by atoms with Crippen molar-refractivity contribution < 1.29 is 14.6 Å². The van der Waals surface area contributed by atoms with Crippen LogP contribution in [0.2, 0.25) is 5.02 Å². The van der Waals surface area contributed by atoms with Crippen LogP contribution in [0.15, 0.2) is 18.3 Å². The third-order valence-corrected chi connectivity index (χ3v) is 3.08. The van der Waals surface area contributed by atoms with E-state index in [4.69, 9.17) is 16.3 Å². The van der Waals surface area contributed by atoms with Crippen molar-refractivity contribution in [2.75, 3.05) is 19.7 Å². The van der Waals surface area contributed by atoms with Crippen molar-refractivity contribution >= 4 is 17.5 Å². The van der Waals surface area contributed by atoms with Crippen LogP contribution in [0.4, 0.5) is 0 Å². The Hall–Kier alpha value is -1.37. The maximum atomic E-state index is 11.7. The Balaban J connectivity index is 1.67. The van der Waals surface area contributed by atoms with E-state index in [-0.39, 0.29) is 18.6 Å². The Morgan fingerprint density at radius 3 is 3.21 bits per heavy atom.